The SMILES string of the molecule is CC[C@@H](NS(=O)(=O)c1cc(C(N)=O)n(C)c1)C(=O)O. The van der Waals surface area contributed by atoms with Gasteiger partial charge in [0.1, 0.15) is 16.6 Å². The molecule has 0 bridgehead atoms. The summed E-state index contributed by atoms with van der Waals surface area (Å²) in [5.74, 6) is -2.04. The summed E-state index contributed by atoms with van der Waals surface area (Å²) >= 11 is 0. The molecule has 0 aliphatic heterocycles. The van der Waals surface area contributed by atoms with Gasteiger partial charge in [0.15, 0.2) is 0 Å². The first kappa shape index (κ1) is 15.2. The predicted molar refractivity (Wildman–Crippen MR) is 66.0 cm³/mol. The van der Waals surface area contributed by atoms with E-state index in [-0.39, 0.29) is 17.0 Å². The molecule has 1 aromatic rings. The minimum atomic E-state index is -4.01. The molecule has 0 saturated heterocycles. The Balaban J connectivity index is 3.10. The van der Waals surface area contributed by atoms with E-state index >= 15 is 0 Å². The van der Waals surface area contributed by atoms with Crippen molar-refractivity contribution in [3.05, 3.63) is 18.0 Å². The summed E-state index contributed by atoms with van der Waals surface area (Å²) in [6, 6.07) is -0.124. The van der Waals surface area contributed by atoms with E-state index in [9.17, 15) is 18.0 Å². The Morgan fingerprint density at radius 2 is 2.11 bits per heavy atom. The van der Waals surface area contributed by atoms with Crippen LogP contribution in [0.5, 0.6) is 0 Å². The molecule has 0 aliphatic carbocycles. The Morgan fingerprint density at radius 3 is 2.47 bits per heavy atom. The zero-order valence-electron chi connectivity index (χ0n) is 10.5. The van der Waals surface area contributed by atoms with Crippen molar-refractivity contribution in [3.8, 4) is 0 Å². The fourth-order valence-corrected chi connectivity index (χ4v) is 2.83. The Bertz CT molecular complexity index is 605. The first-order valence-corrected chi connectivity index (χ1v) is 6.88. The molecule has 0 aromatic carbocycles. The maximum atomic E-state index is 12.0. The zero-order chi connectivity index (χ0) is 14.8. The van der Waals surface area contributed by atoms with Crippen LogP contribution in [-0.4, -0.2) is 36.0 Å². The number of aliphatic carboxylic acids is 1. The van der Waals surface area contributed by atoms with E-state index in [1.807, 2.05) is 4.72 Å². The third kappa shape index (κ3) is 3.32. The number of carbonyl (C=O) groups excluding carboxylic acids is 1. The molecule has 0 radical (unpaired) electrons. The van der Waals surface area contributed by atoms with Gasteiger partial charge in [-0.05, 0) is 12.5 Å². The standard InChI is InChI=1S/C10H15N3O5S/c1-3-7(10(15)16)12-19(17,18)6-4-8(9(11)14)13(2)5-6/h4-5,7,12H,3H2,1-2H3,(H2,11,14)(H,15,16)/t7-/m1/s1. The fraction of sp³-hybridized carbons (Fsp3) is 0.400. The van der Waals surface area contributed by atoms with Gasteiger partial charge in [0.2, 0.25) is 10.0 Å². The number of aryl methyl sites for hydroxylation is 1. The Morgan fingerprint density at radius 1 is 1.53 bits per heavy atom. The number of aromatic nitrogens is 1. The van der Waals surface area contributed by atoms with Crippen molar-refractivity contribution >= 4 is 21.9 Å². The van der Waals surface area contributed by atoms with E-state index < -0.39 is 27.9 Å². The number of carboxylic acids is 1. The van der Waals surface area contributed by atoms with Gasteiger partial charge in [0, 0.05) is 13.2 Å². The van der Waals surface area contributed by atoms with Gasteiger partial charge < -0.3 is 15.4 Å². The van der Waals surface area contributed by atoms with Crippen LogP contribution >= 0.6 is 0 Å². The lowest BCUT2D eigenvalue weighted by Gasteiger charge is -2.11. The van der Waals surface area contributed by atoms with Crippen molar-refractivity contribution in [2.75, 3.05) is 0 Å². The molecular weight excluding hydrogens is 274 g/mol. The number of nitrogens with two attached hydrogens (primary N) is 1. The van der Waals surface area contributed by atoms with Crippen LogP contribution < -0.4 is 10.5 Å². The number of carbonyl (C=O) groups is 2. The van der Waals surface area contributed by atoms with Gasteiger partial charge in [-0.3, -0.25) is 9.59 Å². The van der Waals surface area contributed by atoms with Crippen molar-refractivity contribution in [1.82, 2.24) is 9.29 Å². The van der Waals surface area contributed by atoms with Crippen molar-refractivity contribution in [2.24, 2.45) is 12.8 Å². The minimum absolute atomic E-state index is 0.0174. The molecule has 0 fully saturated rings. The molecule has 0 saturated carbocycles. The van der Waals surface area contributed by atoms with Gasteiger partial charge >= 0.3 is 5.97 Å². The van der Waals surface area contributed by atoms with Gasteiger partial charge in [0.05, 0.1) is 0 Å². The van der Waals surface area contributed by atoms with E-state index in [0.717, 1.165) is 6.07 Å². The summed E-state index contributed by atoms with van der Waals surface area (Å²) in [5.41, 5.74) is 5.10. The Kier molecular flexibility index (Phi) is 4.32. The molecule has 1 heterocycles. The second-order valence-corrected chi connectivity index (χ2v) is 5.67. The van der Waals surface area contributed by atoms with Crippen molar-refractivity contribution in [1.29, 1.82) is 0 Å². The van der Waals surface area contributed by atoms with E-state index in [1.54, 1.807) is 6.92 Å². The van der Waals surface area contributed by atoms with E-state index in [2.05, 4.69) is 0 Å². The maximum Gasteiger partial charge on any atom is 0.321 e. The molecule has 0 spiro atoms. The molecule has 8 nitrogen and oxygen atoms in total. The van der Waals surface area contributed by atoms with Gasteiger partial charge in [-0.25, -0.2) is 8.42 Å². The van der Waals surface area contributed by atoms with Crippen LogP contribution in [0, 0.1) is 0 Å². The average Bonchev–Trinajstić information content (AvgIpc) is 2.68. The van der Waals surface area contributed by atoms with E-state index in [1.165, 1.54) is 17.8 Å². The normalized spacial score (nSPS) is 13.2. The Hall–Kier alpha value is -1.87. The highest BCUT2D eigenvalue weighted by Crippen LogP contribution is 2.14. The molecule has 1 atom stereocenters. The molecule has 1 rings (SSSR count). The largest absolute Gasteiger partial charge is 0.480 e. The molecule has 0 unspecified atom stereocenters. The maximum absolute atomic E-state index is 12.0. The number of sulfonamides is 1. The number of rotatable bonds is 6. The van der Waals surface area contributed by atoms with Crippen LogP contribution in [0.25, 0.3) is 0 Å². The first-order valence-electron chi connectivity index (χ1n) is 5.40. The second kappa shape index (κ2) is 5.41. The summed E-state index contributed by atoms with van der Waals surface area (Å²) in [4.78, 5) is 21.6. The van der Waals surface area contributed by atoms with Gasteiger partial charge in [0.25, 0.3) is 5.91 Å². The van der Waals surface area contributed by atoms with Crippen molar-refractivity contribution < 1.29 is 23.1 Å². The van der Waals surface area contributed by atoms with Gasteiger partial charge in [-0.2, -0.15) is 4.72 Å². The van der Waals surface area contributed by atoms with E-state index in [4.69, 9.17) is 10.8 Å². The monoisotopic (exact) mass is 289 g/mol. The molecule has 0 aliphatic rings. The highest BCUT2D eigenvalue weighted by Gasteiger charge is 2.25. The average molecular weight is 289 g/mol. The minimum Gasteiger partial charge on any atom is -0.480 e. The third-order valence-corrected chi connectivity index (χ3v) is 3.99. The van der Waals surface area contributed by atoms with Crippen LogP contribution in [0.1, 0.15) is 23.8 Å². The predicted octanol–water partition coefficient (Wildman–Crippen LogP) is -0.734. The highest BCUT2D eigenvalue weighted by atomic mass is 32.2. The Labute approximate surface area is 110 Å². The van der Waals surface area contributed by atoms with Crippen LogP contribution in [-0.2, 0) is 21.9 Å². The summed E-state index contributed by atoms with van der Waals surface area (Å²) in [6.45, 7) is 1.54. The molecule has 4 N–H and O–H groups in total. The number of carboxylic acid groups (broad SMARTS) is 1. The smallest absolute Gasteiger partial charge is 0.321 e. The molecule has 1 amide bonds. The van der Waals surface area contributed by atoms with Crippen molar-refractivity contribution in [2.45, 2.75) is 24.3 Å². The van der Waals surface area contributed by atoms with E-state index in [0.29, 0.717) is 0 Å². The summed E-state index contributed by atoms with van der Waals surface area (Å²) in [7, 11) is -2.55. The van der Waals surface area contributed by atoms with Crippen LogP contribution in [0.15, 0.2) is 17.2 Å². The highest BCUT2D eigenvalue weighted by molar-refractivity contribution is 7.89. The number of nitrogens with zero attached hydrogens (tertiary/aromatic N) is 1. The van der Waals surface area contributed by atoms with Crippen molar-refractivity contribution in [3.63, 3.8) is 0 Å². The lowest BCUT2D eigenvalue weighted by Crippen LogP contribution is -2.40. The summed E-state index contributed by atoms with van der Waals surface area (Å²) < 4.78 is 27.2. The molecular formula is C10H15N3O5S. The van der Waals surface area contributed by atoms with Gasteiger partial charge in [-0.15, -0.1) is 0 Å². The topological polar surface area (TPSA) is 131 Å². The molecule has 9 heteroatoms. The number of nitrogens with one attached hydrogen (secondary N) is 1. The second-order valence-electron chi connectivity index (χ2n) is 3.96. The number of hydrogen-bond acceptors (Lipinski definition) is 4. The number of primary amides is 1. The molecule has 1 aromatic heterocycles. The zero-order valence-corrected chi connectivity index (χ0v) is 11.3. The van der Waals surface area contributed by atoms with Crippen LogP contribution in [0.2, 0.25) is 0 Å². The first-order chi connectivity index (χ1) is 8.69. The third-order valence-electron chi connectivity index (χ3n) is 2.55. The molecule has 19 heavy (non-hydrogen) atoms. The van der Waals surface area contributed by atoms with Crippen LogP contribution in [0.4, 0.5) is 0 Å². The molecule has 106 valence electrons. The number of amides is 1. The lowest BCUT2D eigenvalue weighted by molar-refractivity contribution is -0.139. The quantitative estimate of drug-likeness (QED) is 0.635. The number of hydrogen-bond donors (Lipinski definition) is 3. The summed E-state index contributed by atoms with van der Waals surface area (Å²) in [5, 5.41) is 8.83. The fourth-order valence-electron chi connectivity index (χ4n) is 1.49. The lowest BCUT2D eigenvalue weighted by atomic mass is 10.2. The van der Waals surface area contributed by atoms with Crippen LogP contribution in [0.3, 0.4) is 0 Å². The summed E-state index contributed by atoms with van der Waals surface area (Å²) in [6.07, 6.45) is 1.29. The van der Waals surface area contributed by atoms with Gasteiger partial charge in [-0.1, -0.05) is 6.92 Å².